The molecule has 0 saturated heterocycles. The summed E-state index contributed by atoms with van der Waals surface area (Å²) in [6, 6.07) is 0. The zero-order chi connectivity index (χ0) is 13.8. The summed E-state index contributed by atoms with van der Waals surface area (Å²) in [4.78, 5) is 12.0. The number of likely N-dealkylation sites (N-methyl/N-ethyl adjacent to an activating group) is 1. The predicted molar refractivity (Wildman–Crippen MR) is 72.0 cm³/mol. The quantitative estimate of drug-likeness (QED) is 0.571. The average Bonchev–Trinajstić information content (AvgIpc) is 2.47. The molecule has 3 atom stereocenters. The van der Waals surface area contributed by atoms with Gasteiger partial charge in [0.15, 0.2) is 6.54 Å². The third kappa shape index (κ3) is 2.07. The molecule has 0 spiro atoms. The fourth-order valence-corrected chi connectivity index (χ4v) is 3.89. The Morgan fingerprint density at radius 1 is 1.28 bits per heavy atom. The Hall–Kier alpha value is -0.570. The van der Waals surface area contributed by atoms with E-state index in [0.29, 0.717) is 16.4 Å². The lowest BCUT2D eigenvalue weighted by Gasteiger charge is -2.38. The van der Waals surface area contributed by atoms with E-state index in [1.54, 1.807) is 0 Å². The van der Waals surface area contributed by atoms with Crippen molar-refractivity contribution in [1.29, 1.82) is 0 Å². The third-order valence-corrected chi connectivity index (χ3v) is 5.59. The molecule has 2 rings (SSSR count). The largest absolute Gasteiger partial charge is 0.458 e. The fraction of sp³-hybridized carbons (Fsp3) is 0.933. The normalized spacial score (nSPS) is 37.9. The minimum absolute atomic E-state index is 0.0444. The molecular weight excluding hydrogens is 226 g/mol. The number of carbonyl (C=O) groups is 1. The van der Waals surface area contributed by atoms with Crippen LogP contribution in [0.1, 0.15) is 40.0 Å². The minimum atomic E-state index is -0.0444. The van der Waals surface area contributed by atoms with Crippen molar-refractivity contribution in [2.45, 2.75) is 46.1 Å². The first-order valence-corrected chi connectivity index (χ1v) is 7.06. The van der Waals surface area contributed by atoms with Crippen molar-refractivity contribution < 1.29 is 14.0 Å². The molecule has 2 aliphatic carbocycles. The van der Waals surface area contributed by atoms with E-state index in [1.807, 2.05) is 21.1 Å². The standard InChI is InChI=1S/C15H28NO2/c1-14(2)11-7-8-15(14,3)12(9-11)18-13(17)10-16(4,5)6/h11-12H,7-10H2,1-6H3/q+1. The molecule has 0 radical (unpaired) electrons. The van der Waals surface area contributed by atoms with Gasteiger partial charge in [-0.25, -0.2) is 4.79 Å². The molecule has 0 aromatic rings. The van der Waals surface area contributed by atoms with Crippen LogP contribution in [0.3, 0.4) is 0 Å². The topological polar surface area (TPSA) is 26.3 Å². The zero-order valence-corrected chi connectivity index (χ0v) is 12.7. The highest BCUT2D eigenvalue weighted by Crippen LogP contribution is 2.66. The minimum Gasteiger partial charge on any atom is -0.458 e. The summed E-state index contributed by atoms with van der Waals surface area (Å²) in [5, 5.41) is 0. The maximum absolute atomic E-state index is 12.0. The summed E-state index contributed by atoms with van der Waals surface area (Å²) < 4.78 is 6.44. The number of ether oxygens (including phenoxy) is 1. The van der Waals surface area contributed by atoms with E-state index >= 15 is 0 Å². The maximum Gasteiger partial charge on any atom is 0.362 e. The van der Waals surface area contributed by atoms with Crippen LogP contribution in [0.2, 0.25) is 0 Å². The van der Waals surface area contributed by atoms with Gasteiger partial charge in [0.25, 0.3) is 0 Å². The third-order valence-electron chi connectivity index (χ3n) is 5.59. The molecule has 2 aliphatic rings. The first-order chi connectivity index (χ1) is 8.06. The molecule has 0 heterocycles. The van der Waals surface area contributed by atoms with Crippen molar-refractivity contribution >= 4 is 5.97 Å². The van der Waals surface area contributed by atoms with E-state index in [4.69, 9.17) is 4.74 Å². The second-order valence-electron chi connectivity index (χ2n) is 8.04. The zero-order valence-electron chi connectivity index (χ0n) is 12.7. The predicted octanol–water partition coefficient (Wildman–Crippen LogP) is 2.45. The second kappa shape index (κ2) is 3.96. The number of quaternary nitrogens is 1. The highest BCUT2D eigenvalue weighted by molar-refractivity contribution is 5.71. The van der Waals surface area contributed by atoms with E-state index in [2.05, 4.69) is 20.8 Å². The average molecular weight is 254 g/mol. The Kier molecular flexibility index (Phi) is 3.05. The van der Waals surface area contributed by atoms with Gasteiger partial charge in [-0.2, -0.15) is 0 Å². The van der Waals surface area contributed by atoms with E-state index in [0.717, 1.165) is 12.3 Å². The van der Waals surface area contributed by atoms with Crippen molar-refractivity contribution in [3.05, 3.63) is 0 Å². The van der Waals surface area contributed by atoms with Crippen LogP contribution in [0, 0.1) is 16.7 Å². The van der Waals surface area contributed by atoms with Crippen LogP contribution in [0.5, 0.6) is 0 Å². The highest BCUT2D eigenvalue weighted by Gasteiger charge is 2.62. The molecular formula is C15H28NO2+. The number of nitrogens with zero attached hydrogens (tertiary/aromatic N) is 1. The Morgan fingerprint density at radius 2 is 1.89 bits per heavy atom. The number of hydrogen-bond acceptors (Lipinski definition) is 2. The Morgan fingerprint density at radius 3 is 2.28 bits per heavy atom. The molecule has 2 saturated carbocycles. The van der Waals surface area contributed by atoms with E-state index in [-0.39, 0.29) is 17.5 Å². The molecule has 18 heavy (non-hydrogen) atoms. The van der Waals surface area contributed by atoms with Gasteiger partial charge in [-0.3, -0.25) is 0 Å². The molecule has 2 fully saturated rings. The molecule has 104 valence electrons. The molecule has 0 amide bonds. The number of carbonyl (C=O) groups excluding carboxylic acids is 1. The number of rotatable bonds is 3. The van der Waals surface area contributed by atoms with Gasteiger partial charge in [-0.1, -0.05) is 20.8 Å². The monoisotopic (exact) mass is 254 g/mol. The number of fused-ring (bicyclic) bond motifs is 2. The molecule has 3 heteroatoms. The van der Waals surface area contributed by atoms with E-state index < -0.39 is 0 Å². The van der Waals surface area contributed by atoms with Gasteiger partial charge >= 0.3 is 5.97 Å². The first-order valence-electron chi connectivity index (χ1n) is 7.06. The summed E-state index contributed by atoms with van der Waals surface area (Å²) in [6.07, 6.45) is 3.69. The first kappa shape index (κ1) is 13.9. The summed E-state index contributed by atoms with van der Waals surface area (Å²) in [6.45, 7) is 7.46. The van der Waals surface area contributed by atoms with Crippen LogP contribution in [0.25, 0.3) is 0 Å². The van der Waals surface area contributed by atoms with Gasteiger partial charge in [0, 0.05) is 5.41 Å². The van der Waals surface area contributed by atoms with Gasteiger partial charge in [-0.05, 0) is 30.6 Å². The lowest BCUT2D eigenvalue weighted by molar-refractivity contribution is -0.862. The van der Waals surface area contributed by atoms with E-state index in [9.17, 15) is 4.79 Å². The van der Waals surface area contributed by atoms with Crippen LogP contribution in [-0.4, -0.2) is 44.2 Å². The Labute approximate surface area is 111 Å². The summed E-state index contributed by atoms with van der Waals surface area (Å²) in [5.41, 5.74) is 0.493. The van der Waals surface area contributed by atoms with Crippen LogP contribution < -0.4 is 0 Å². The maximum atomic E-state index is 12.0. The van der Waals surface area contributed by atoms with Gasteiger partial charge in [0.05, 0.1) is 21.1 Å². The molecule has 0 aliphatic heterocycles. The highest BCUT2D eigenvalue weighted by atomic mass is 16.5. The molecule has 3 unspecified atom stereocenters. The fourth-order valence-electron chi connectivity index (χ4n) is 3.89. The Balaban J connectivity index is 2.03. The van der Waals surface area contributed by atoms with Crippen LogP contribution >= 0.6 is 0 Å². The molecule has 0 aromatic carbocycles. The number of esters is 1. The number of hydrogen-bond donors (Lipinski definition) is 0. The van der Waals surface area contributed by atoms with Crippen LogP contribution in [-0.2, 0) is 9.53 Å². The van der Waals surface area contributed by atoms with Crippen LogP contribution in [0.15, 0.2) is 0 Å². The smallest absolute Gasteiger partial charge is 0.362 e. The second-order valence-corrected chi connectivity index (χ2v) is 8.04. The van der Waals surface area contributed by atoms with Gasteiger partial charge in [0.1, 0.15) is 6.10 Å². The molecule has 0 N–H and O–H groups in total. The summed E-state index contributed by atoms with van der Waals surface area (Å²) in [5.74, 6) is 0.682. The van der Waals surface area contributed by atoms with Gasteiger partial charge in [-0.15, -0.1) is 0 Å². The van der Waals surface area contributed by atoms with Crippen molar-refractivity contribution in [1.82, 2.24) is 0 Å². The SMILES string of the molecule is CC1(C)C2CCC1(C)C(OC(=O)C[N+](C)(C)C)C2. The van der Waals surface area contributed by atoms with Crippen LogP contribution in [0.4, 0.5) is 0 Å². The lowest BCUT2D eigenvalue weighted by atomic mass is 9.70. The lowest BCUT2D eigenvalue weighted by Crippen LogP contribution is -2.44. The van der Waals surface area contributed by atoms with Gasteiger partial charge < -0.3 is 9.22 Å². The summed E-state index contributed by atoms with van der Waals surface area (Å²) >= 11 is 0. The van der Waals surface area contributed by atoms with Crippen molar-refractivity contribution in [2.24, 2.45) is 16.7 Å². The molecule has 2 bridgehead atoms. The molecule has 3 nitrogen and oxygen atoms in total. The Bertz CT molecular complexity index is 356. The van der Waals surface area contributed by atoms with Crippen molar-refractivity contribution in [3.63, 3.8) is 0 Å². The van der Waals surface area contributed by atoms with Gasteiger partial charge in [0.2, 0.25) is 0 Å². The molecule has 0 aromatic heterocycles. The summed E-state index contributed by atoms with van der Waals surface area (Å²) in [7, 11) is 6.06. The van der Waals surface area contributed by atoms with Crippen molar-refractivity contribution in [3.8, 4) is 0 Å². The van der Waals surface area contributed by atoms with E-state index in [1.165, 1.54) is 12.8 Å². The van der Waals surface area contributed by atoms with Crippen molar-refractivity contribution in [2.75, 3.05) is 27.7 Å².